The maximum absolute atomic E-state index is 14.1. The molecule has 2 aliphatic rings. The number of H-pyrrole nitrogens is 1. The fourth-order valence-corrected chi connectivity index (χ4v) is 5.36. The van der Waals surface area contributed by atoms with E-state index in [0.717, 1.165) is 44.3 Å². The van der Waals surface area contributed by atoms with Gasteiger partial charge in [-0.2, -0.15) is 0 Å². The van der Waals surface area contributed by atoms with Gasteiger partial charge < -0.3 is 15.2 Å². The standard InChI is InChI=1S/C28H26ClF2N5O2/c29-21-10-7-18(13-22(21)31)26-33-28(38)25-24(17-3-4-17)20(14-36(25)34-26)27(37)32-23(15-35-11-1-2-12-35)16-5-8-19(30)9-6-16/h5-10,13-14,17,23H,1-4,11-12,15H2,(H,32,37)(H,33,34,38)/t23-/m1/s1. The van der Waals surface area contributed by atoms with Crippen LogP contribution in [-0.4, -0.2) is 45.0 Å². The molecule has 1 saturated heterocycles. The van der Waals surface area contributed by atoms with Gasteiger partial charge in [0.25, 0.3) is 11.5 Å². The van der Waals surface area contributed by atoms with E-state index in [1.165, 1.54) is 28.8 Å². The van der Waals surface area contributed by atoms with Crippen LogP contribution in [0.25, 0.3) is 16.9 Å². The molecule has 1 amide bonds. The summed E-state index contributed by atoms with van der Waals surface area (Å²) in [6.07, 6.45) is 5.53. The van der Waals surface area contributed by atoms with E-state index in [2.05, 4.69) is 20.3 Å². The molecule has 0 unspecified atom stereocenters. The number of nitrogens with zero attached hydrogens (tertiary/aromatic N) is 3. The predicted octanol–water partition coefficient (Wildman–Crippen LogP) is 5.07. The number of hydrogen-bond donors (Lipinski definition) is 2. The van der Waals surface area contributed by atoms with E-state index >= 15 is 0 Å². The van der Waals surface area contributed by atoms with Gasteiger partial charge in [-0.3, -0.25) is 9.59 Å². The molecule has 1 aliphatic heterocycles. The van der Waals surface area contributed by atoms with Crippen molar-refractivity contribution in [2.75, 3.05) is 19.6 Å². The van der Waals surface area contributed by atoms with Crippen molar-refractivity contribution in [2.45, 2.75) is 37.6 Å². The lowest BCUT2D eigenvalue weighted by atomic mass is 10.0. The van der Waals surface area contributed by atoms with Crippen LogP contribution in [0.4, 0.5) is 8.78 Å². The number of hydrogen-bond acceptors (Lipinski definition) is 4. The van der Waals surface area contributed by atoms with E-state index in [-0.39, 0.29) is 34.5 Å². The molecule has 2 aromatic heterocycles. The highest BCUT2D eigenvalue weighted by Gasteiger charge is 2.34. The monoisotopic (exact) mass is 537 g/mol. The molecule has 0 radical (unpaired) electrons. The molecule has 7 nitrogen and oxygen atoms in total. The molecule has 2 fully saturated rings. The topological polar surface area (TPSA) is 82.5 Å². The van der Waals surface area contributed by atoms with Crippen LogP contribution >= 0.6 is 11.6 Å². The van der Waals surface area contributed by atoms with E-state index in [0.29, 0.717) is 28.8 Å². The Hall–Kier alpha value is -3.56. The summed E-state index contributed by atoms with van der Waals surface area (Å²) >= 11 is 5.80. The number of aromatic nitrogens is 3. The van der Waals surface area contributed by atoms with E-state index in [1.807, 2.05) is 0 Å². The van der Waals surface area contributed by atoms with Crippen LogP contribution in [0.5, 0.6) is 0 Å². The summed E-state index contributed by atoms with van der Waals surface area (Å²) in [5, 5.41) is 7.61. The highest BCUT2D eigenvalue weighted by atomic mass is 35.5. The number of benzene rings is 2. The Labute approximate surface area is 222 Å². The summed E-state index contributed by atoms with van der Waals surface area (Å²) in [5.41, 5.74) is 2.14. The van der Waals surface area contributed by atoms with Gasteiger partial charge in [-0.15, -0.1) is 5.10 Å². The Morgan fingerprint density at radius 3 is 2.55 bits per heavy atom. The zero-order chi connectivity index (χ0) is 26.4. The van der Waals surface area contributed by atoms with Crippen LogP contribution in [0, 0.1) is 11.6 Å². The fourth-order valence-electron chi connectivity index (χ4n) is 5.24. The second-order valence-corrected chi connectivity index (χ2v) is 10.4. The van der Waals surface area contributed by atoms with Gasteiger partial charge in [0.1, 0.15) is 17.2 Å². The lowest BCUT2D eigenvalue weighted by Gasteiger charge is -2.25. The van der Waals surface area contributed by atoms with Crippen LogP contribution in [-0.2, 0) is 0 Å². The molecule has 6 rings (SSSR count). The molecule has 196 valence electrons. The number of carbonyl (C=O) groups excluding carboxylic acids is 1. The number of aromatic amines is 1. The summed E-state index contributed by atoms with van der Waals surface area (Å²) in [5.74, 6) is -1.02. The molecule has 3 heterocycles. The lowest BCUT2D eigenvalue weighted by molar-refractivity contribution is 0.0926. The molecule has 1 aliphatic carbocycles. The van der Waals surface area contributed by atoms with Crippen LogP contribution in [0.15, 0.2) is 53.5 Å². The summed E-state index contributed by atoms with van der Waals surface area (Å²) in [7, 11) is 0. The van der Waals surface area contributed by atoms with Gasteiger partial charge in [0, 0.05) is 23.9 Å². The first-order chi connectivity index (χ1) is 18.4. The highest BCUT2D eigenvalue weighted by Crippen LogP contribution is 2.43. The van der Waals surface area contributed by atoms with Crippen molar-refractivity contribution in [3.05, 3.63) is 92.4 Å². The number of fused-ring (bicyclic) bond motifs is 1. The quantitative estimate of drug-likeness (QED) is 0.345. The van der Waals surface area contributed by atoms with Gasteiger partial charge >= 0.3 is 0 Å². The normalized spacial score (nSPS) is 16.7. The van der Waals surface area contributed by atoms with Crippen LogP contribution in [0.3, 0.4) is 0 Å². The summed E-state index contributed by atoms with van der Waals surface area (Å²) < 4.78 is 29.1. The third kappa shape index (κ3) is 4.83. The average molecular weight is 538 g/mol. The minimum atomic E-state index is -0.622. The Morgan fingerprint density at radius 2 is 1.87 bits per heavy atom. The summed E-state index contributed by atoms with van der Waals surface area (Å²) in [6.45, 7) is 2.50. The summed E-state index contributed by atoms with van der Waals surface area (Å²) in [4.78, 5) is 32.0. The number of likely N-dealkylation sites (tertiary alicyclic amines) is 1. The second kappa shape index (κ2) is 9.96. The third-order valence-corrected chi connectivity index (χ3v) is 7.63. The number of nitrogens with one attached hydrogen (secondary N) is 2. The number of halogens is 3. The lowest BCUT2D eigenvalue weighted by Crippen LogP contribution is -2.37. The molecule has 2 N–H and O–H groups in total. The van der Waals surface area contributed by atoms with Crippen molar-refractivity contribution >= 4 is 23.0 Å². The second-order valence-electron chi connectivity index (χ2n) is 10.0. The fraction of sp³-hybridized carbons (Fsp3) is 0.321. The Morgan fingerprint density at radius 1 is 1.13 bits per heavy atom. The molecule has 38 heavy (non-hydrogen) atoms. The highest BCUT2D eigenvalue weighted by molar-refractivity contribution is 6.30. The van der Waals surface area contributed by atoms with Crippen molar-refractivity contribution in [2.24, 2.45) is 0 Å². The molecule has 2 aromatic carbocycles. The van der Waals surface area contributed by atoms with E-state index < -0.39 is 11.4 Å². The van der Waals surface area contributed by atoms with Gasteiger partial charge in [0.05, 0.1) is 16.6 Å². The van der Waals surface area contributed by atoms with Crippen molar-refractivity contribution in [1.82, 2.24) is 24.8 Å². The minimum Gasteiger partial charge on any atom is -0.344 e. The first-order valence-corrected chi connectivity index (χ1v) is 13.1. The largest absolute Gasteiger partial charge is 0.344 e. The van der Waals surface area contributed by atoms with Crippen molar-refractivity contribution in [3.63, 3.8) is 0 Å². The van der Waals surface area contributed by atoms with Gasteiger partial charge in [-0.05, 0) is 80.6 Å². The van der Waals surface area contributed by atoms with Gasteiger partial charge in [0.15, 0.2) is 5.82 Å². The maximum Gasteiger partial charge on any atom is 0.275 e. The molecule has 10 heteroatoms. The SMILES string of the molecule is O=C(N[C@H](CN1CCCC1)c1ccc(F)cc1)c1cn2nc(-c3ccc(Cl)c(F)c3)[nH]c(=O)c2c1C1CC1. The third-order valence-electron chi connectivity index (χ3n) is 7.32. The maximum atomic E-state index is 14.1. The zero-order valence-electron chi connectivity index (χ0n) is 20.5. The van der Waals surface area contributed by atoms with Gasteiger partial charge in [-0.1, -0.05) is 23.7 Å². The van der Waals surface area contributed by atoms with E-state index in [9.17, 15) is 18.4 Å². The molecular formula is C28H26ClF2N5O2. The Bertz CT molecular complexity index is 1570. The summed E-state index contributed by atoms with van der Waals surface area (Å²) in [6, 6.07) is 10.00. The van der Waals surface area contributed by atoms with Gasteiger partial charge in [-0.25, -0.2) is 13.3 Å². The van der Waals surface area contributed by atoms with Crippen LogP contribution in [0.1, 0.15) is 59.1 Å². The predicted molar refractivity (Wildman–Crippen MR) is 140 cm³/mol. The van der Waals surface area contributed by atoms with Crippen LogP contribution < -0.4 is 10.9 Å². The Kier molecular flexibility index (Phi) is 6.49. The van der Waals surface area contributed by atoms with Crippen molar-refractivity contribution in [1.29, 1.82) is 0 Å². The van der Waals surface area contributed by atoms with E-state index in [1.54, 1.807) is 24.4 Å². The average Bonchev–Trinajstić information content (AvgIpc) is 3.45. The van der Waals surface area contributed by atoms with Gasteiger partial charge in [0.2, 0.25) is 0 Å². The number of amides is 1. The smallest absolute Gasteiger partial charge is 0.275 e. The van der Waals surface area contributed by atoms with Crippen molar-refractivity contribution in [3.8, 4) is 11.4 Å². The first-order valence-electron chi connectivity index (χ1n) is 12.8. The zero-order valence-corrected chi connectivity index (χ0v) is 21.3. The molecule has 1 saturated carbocycles. The minimum absolute atomic E-state index is 0.0299. The molecule has 4 aromatic rings. The molecule has 1 atom stereocenters. The van der Waals surface area contributed by atoms with E-state index in [4.69, 9.17) is 11.6 Å². The molecular weight excluding hydrogens is 512 g/mol. The number of carbonyl (C=O) groups is 1. The van der Waals surface area contributed by atoms with Crippen LogP contribution in [0.2, 0.25) is 5.02 Å². The first kappa shape index (κ1) is 24.8. The Balaban J connectivity index is 1.37. The number of rotatable bonds is 7. The van der Waals surface area contributed by atoms with Crippen molar-refractivity contribution < 1.29 is 13.6 Å². The molecule has 0 spiro atoms. The molecule has 0 bridgehead atoms.